The summed E-state index contributed by atoms with van der Waals surface area (Å²) in [6.45, 7) is 0.438. The van der Waals surface area contributed by atoms with Gasteiger partial charge in [0.2, 0.25) is 5.43 Å². The lowest BCUT2D eigenvalue weighted by molar-refractivity contribution is -0.163. The van der Waals surface area contributed by atoms with E-state index < -0.39 is 46.4 Å². The summed E-state index contributed by atoms with van der Waals surface area (Å²) in [4.78, 5) is 39.8. The Hall–Kier alpha value is -4.05. The van der Waals surface area contributed by atoms with Crippen molar-refractivity contribution in [2.75, 3.05) is 6.61 Å². The predicted molar refractivity (Wildman–Crippen MR) is 136 cm³/mol. The van der Waals surface area contributed by atoms with Crippen molar-refractivity contribution in [1.29, 1.82) is 0 Å². The second-order valence-electron chi connectivity index (χ2n) is 10.6. The van der Waals surface area contributed by atoms with Crippen LogP contribution in [-0.4, -0.2) is 45.3 Å². The van der Waals surface area contributed by atoms with Crippen molar-refractivity contribution in [3.05, 3.63) is 99.0 Å². The third-order valence-corrected chi connectivity index (χ3v) is 8.35. The summed E-state index contributed by atoms with van der Waals surface area (Å²) < 4.78 is 35.9. The molecule has 3 aliphatic rings. The van der Waals surface area contributed by atoms with E-state index in [-0.39, 0.29) is 42.5 Å². The van der Waals surface area contributed by atoms with Crippen LogP contribution in [0.15, 0.2) is 59.5 Å². The van der Waals surface area contributed by atoms with E-state index >= 15 is 0 Å². The van der Waals surface area contributed by atoms with Crippen molar-refractivity contribution in [3.8, 4) is 5.75 Å². The maximum Gasteiger partial charge on any atom is 0.276 e. The first kappa shape index (κ1) is 25.2. The van der Waals surface area contributed by atoms with E-state index in [2.05, 4.69) is 12.1 Å². The van der Waals surface area contributed by atoms with Gasteiger partial charge in [-0.1, -0.05) is 36.4 Å². The maximum absolute atomic E-state index is 14.8. The number of hydrogen-bond donors (Lipinski definition) is 2. The van der Waals surface area contributed by atoms with Gasteiger partial charge in [0.05, 0.1) is 13.2 Å². The molecule has 1 aromatic heterocycles. The van der Waals surface area contributed by atoms with Crippen molar-refractivity contribution in [1.82, 2.24) is 9.47 Å². The molecule has 1 saturated heterocycles. The van der Waals surface area contributed by atoms with Crippen LogP contribution in [0.25, 0.3) is 0 Å². The van der Waals surface area contributed by atoms with Crippen molar-refractivity contribution >= 4 is 11.8 Å². The molecule has 0 bridgehead atoms. The average molecular weight is 536 g/mol. The van der Waals surface area contributed by atoms with Crippen molar-refractivity contribution in [2.45, 2.75) is 44.0 Å². The molecule has 1 saturated carbocycles. The number of hydrogen-bond acceptors (Lipinski definition) is 5. The van der Waals surface area contributed by atoms with Gasteiger partial charge in [-0.25, -0.2) is 8.78 Å². The molecule has 2 fully saturated rings. The minimum absolute atomic E-state index is 0.0815. The van der Waals surface area contributed by atoms with Crippen molar-refractivity contribution in [2.24, 2.45) is 17.6 Å². The number of aromatic nitrogens is 1. The van der Waals surface area contributed by atoms with Crippen LogP contribution in [-0.2, 0) is 17.7 Å². The molecule has 5 unspecified atom stereocenters. The summed E-state index contributed by atoms with van der Waals surface area (Å²) in [5, 5.41) is 10.7. The number of rotatable bonds is 4. The fourth-order valence-corrected chi connectivity index (χ4v) is 6.68. The van der Waals surface area contributed by atoms with E-state index in [9.17, 15) is 28.3 Å². The highest BCUT2D eigenvalue weighted by Gasteiger charge is 2.51. The number of fused-ring (bicyclic) bond motifs is 4. The first-order valence-corrected chi connectivity index (χ1v) is 12.9. The number of halogens is 2. The Balaban J connectivity index is 1.41. The molecular formula is C29H27F2N3O5. The summed E-state index contributed by atoms with van der Waals surface area (Å²) in [5.41, 5.74) is 5.14. The van der Waals surface area contributed by atoms with Gasteiger partial charge in [-0.05, 0) is 48.3 Å². The lowest BCUT2D eigenvalue weighted by Crippen LogP contribution is -2.64. The van der Waals surface area contributed by atoms with E-state index in [0.717, 1.165) is 18.1 Å². The van der Waals surface area contributed by atoms with Crippen LogP contribution in [0.2, 0.25) is 0 Å². The third kappa shape index (κ3) is 4.28. The largest absolute Gasteiger partial charge is 0.503 e. The van der Waals surface area contributed by atoms with Crippen LogP contribution in [0.3, 0.4) is 0 Å². The molecule has 2 aromatic carbocycles. The molecule has 3 heterocycles. The van der Waals surface area contributed by atoms with Crippen molar-refractivity contribution < 1.29 is 28.2 Å². The molecule has 10 heteroatoms. The lowest BCUT2D eigenvalue weighted by atomic mass is 9.66. The first-order valence-electron chi connectivity index (χ1n) is 12.9. The van der Waals surface area contributed by atoms with Gasteiger partial charge in [0.1, 0.15) is 17.2 Å². The standard InChI is InChI=1S/C29H27F2N3O5/c30-20-7-6-16(22(31)11-20)8-18-9-17(15-4-2-1-3-5-15)10-19-14-39-23-13-33-12-21(28(32)37)26(35)27(36)25(33)29(38)34(23)24(18)19/h1-7,11-12,17-19,23-24,36H,8-10,13-14H2,(H2,32,37). The Morgan fingerprint density at radius 3 is 2.59 bits per heavy atom. The first-order chi connectivity index (χ1) is 18.7. The molecule has 8 nitrogen and oxygen atoms in total. The van der Waals surface area contributed by atoms with Crippen LogP contribution >= 0.6 is 0 Å². The van der Waals surface area contributed by atoms with E-state index in [4.69, 9.17) is 10.5 Å². The van der Waals surface area contributed by atoms with Crippen molar-refractivity contribution in [3.63, 3.8) is 0 Å². The van der Waals surface area contributed by atoms with Gasteiger partial charge < -0.3 is 25.0 Å². The van der Waals surface area contributed by atoms with Gasteiger partial charge in [0.25, 0.3) is 11.8 Å². The number of amides is 2. The SMILES string of the molecule is NC(=O)c1cn2c(c(O)c1=O)C(=O)N1C(C2)OCC2CC(c3ccccc3)CC(Cc3ccc(F)cc3F)C21. The molecular weight excluding hydrogens is 508 g/mol. The van der Waals surface area contributed by atoms with Crippen LogP contribution in [0, 0.1) is 23.5 Å². The Morgan fingerprint density at radius 1 is 1.10 bits per heavy atom. The van der Waals surface area contributed by atoms with Crippen LogP contribution in [0.5, 0.6) is 5.75 Å². The minimum Gasteiger partial charge on any atom is -0.503 e. The monoisotopic (exact) mass is 535 g/mol. The molecule has 39 heavy (non-hydrogen) atoms. The molecule has 2 aliphatic heterocycles. The quantitative estimate of drug-likeness (QED) is 0.533. The zero-order valence-corrected chi connectivity index (χ0v) is 20.9. The van der Waals surface area contributed by atoms with Crippen LogP contribution in [0.1, 0.15) is 50.7 Å². The molecule has 0 radical (unpaired) electrons. The number of nitrogens with zero attached hydrogens (tertiary/aromatic N) is 2. The van der Waals surface area contributed by atoms with Crippen LogP contribution < -0.4 is 11.2 Å². The Kier molecular flexibility index (Phi) is 6.22. The summed E-state index contributed by atoms with van der Waals surface area (Å²) >= 11 is 0. The summed E-state index contributed by atoms with van der Waals surface area (Å²) in [5.74, 6) is -3.92. The number of nitrogens with two attached hydrogens (primary N) is 1. The second kappa shape index (κ2) is 9.60. The fraction of sp³-hybridized carbons (Fsp3) is 0.345. The van der Waals surface area contributed by atoms with Gasteiger partial charge in [-0.15, -0.1) is 0 Å². The van der Waals surface area contributed by atoms with Gasteiger partial charge in [0, 0.05) is 24.2 Å². The van der Waals surface area contributed by atoms with Gasteiger partial charge in [0.15, 0.2) is 17.7 Å². The highest BCUT2D eigenvalue weighted by Crippen LogP contribution is 2.47. The number of carbonyl (C=O) groups is 2. The van der Waals surface area contributed by atoms with Gasteiger partial charge in [-0.2, -0.15) is 0 Å². The molecule has 0 spiro atoms. The number of pyridine rings is 1. The Labute approximate surface area is 222 Å². The summed E-state index contributed by atoms with van der Waals surface area (Å²) in [6, 6.07) is 13.1. The molecule has 6 rings (SSSR count). The molecule has 1 aliphatic carbocycles. The summed E-state index contributed by atoms with van der Waals surface area (Å²) in [6.07, 6.45) is 2.11. The number of primary amides is 1. The normalized spacial score (nSPS) is 25.9. The van der Waals surface area contributed by atoms with E-state index in [1.807, 2.05) is 18.2 Å². The third-order valence-electron chi connectivity index (χ3n) is 8.35. The van der Waals surface area contributed by atoms with Gasteiger partial charge in [-0.3, -0.25) is 14.4 Å². The molecule has 3 N–H and O–H groups in total. The summed E-state index contributed by atoms with van der Waals surface area (Å²) in [7, 11) is 0. The number of aromatic hydroxyl groups is 1. The van der Waals surface area contributed by atoms with Crippen LogP contribution in [0.4, 0.5) is 8.78 Å². The average Bonchev–Trinajstić information content (AvgIpc) is 2.92. The maximum atomic E-state index is 14.8. The number of ether oxygens (including phenoxy) is 1. The second-order valence-corrected chi connectivity index (χ2v) is 10.6. The highest BCUT2D eigenvalue weighted by molar-refractivity contribution is 5.98. The zero-order valence-electron chi connectivity index (χ0n) is 20.9. The highest BCUT2D eigenvalue weighted by atomic mass is 19.1. The topological polar surface area (TPSA) is 115 Å². The minimum atomic E-state index is -1.01. The number of benzene rings is 2. The van der Waals surface area contributed by atoms with E-state index in [0.29, 0.717) is 18.6 Å². The Morgan fingerprint density at radius 2 is 1.87 bits per heavy atom. The predicted octanol–water partition coefficient (Wildman–Crippen LogP) is 3.16. The Bertz CT molecular complexity index is 1530. The zero-order chi connectivity index (χ0) is 27.4. The molecule has 5 atom stereocenters. The molecule has 3 aromatic rings. The van der Waals surface area contributed by atoms with Gasteiger partial charge >= 0.3 is 0 Å². The van der Waals surface area contributed by atoms with E-state index in [1.165, 1.54) is 22.9 Å². The van der Waals surface area contributed by atoms with E-state index in [1.54, 1.807) is 4.90 Å². The number of carbonyl (C=O) groups excluding carboxylic acids is 2. The molecule has 202 valence electrons. The fourth-order valence-electron chi connectivity index (χ4n) is 6.68. The lowest BCUT2D eigenvalue weighted by Gasteiger charge is -2.54. The smallest absolute Gasteiger partial charge is 0.276 e. The molecule has 2 amide bonds.